The van der Waals surface area contributed by atoms with E-state index < -0.39 is 0 Å². The maximum absolute atomic E-state index is 8.21. The first-order valence-corrected chi connectivity index (χ1v) is 3.32. The maximum atomic E-state index is 8.21. The molecule has 2 nitrogen and oxygen atoms in total. The van der Waals surface area contributed by atoms with Crippen molar-refractivity contribution in [3.8, 4) is 0 Å². The Bertz CT molecular complexity index is 53.7. The van der Waals surface area contributed by atoms with E-state index in [2.05, 4.69) is 0 Å². The highest BCUT2D eigenvalue weighted by atomic mass is 32.2. The number of thioether (sulfide) groups is 1. The number of ether oxygens (including phenoxy) is 1. The minimum absolute atomic E-state index is 0.150. The molecular formula is C4H8O2S. The Kier molecular flexibility index (Phi) is 1.97. The molecule has 1 atom stereocenters. The molecule has 3 heteroatoms. The molecule has 0 aromatic rings. The van der Waals surface area contributed by atoms with E-state index >= 15 is 0 Å². The van der Waals surface area contributed by atoms with Crippen LogP contribution in [0.2, 0.25) is 0 Å². The van der Waals surface area contributed by atoms with Gasteiger partial charge in [-0.2, -0.15) is 0 Å². The number of hydrogen-bond donors (Lipinski definition) is 1. The van der Waals surface area contributed by atoms with E-state index in [1.165, 1.54) is 0 Å². The molecule has 0 aromatic heterocycles. The fourth-order valence-corrected chi connectivity index (χ4v) is 0.687. The predicted octanol–water partition coefficient (Wildman–Crippen LogP) is 0.0682. The van der Waals surface area contributed by atoms with E-state index in [0.717, 1.165) is 5.75 Å². The van der Waals surface area contributed by atoms with Crippen LogP contribution in [0.5, 0.6) is 0 Å². The quantitative estimate of drug-likeness (QED) is 0.534. The molecule has 0 bridgehead atoms. The molecule has 1 aliphatic heterocycles. The largest absolute Gasteiger partial charge is 0.394 e. The Morgan fingerprint density at radius 3 is 3.00 bits per heavy atom. The van der Waals surface area contributed by atoms with Crippen molar-refractivity contribution in [3.63, 3.8) is 0 Å². The number of hydrogen-bond acceptors (Lipinski definition) is 3. The highest BCUT2D eigenvalue weighted by Gasteiger charge is 2.22. The van der Waals surface area contributed by atoms with Gasteiger partial charge in [-0.1, -0.05) is 0 Å². The number of rotatable bonds is 3. The Hall–Kier alpha value is 0.270. The van der Waals surface area contributed by atoms with Crippen LogP contribution in [0.15, 0.2) is 0 Å². The summed E-state index contributed by atoms with van der Waals surface area (Å²) in [4.78, 5) is 0. The Labute approximate surface area is 46.9 Å². The van der Waals surface area contributed by atoms with Crippen molar-refractivity contribution in [1.29, 1.82) is 0 Å². The monoisotopic (exact) mass is 120 g/mol. The van der Waals surface area contributed by atoms with Crippen LogP contribution in [0.25, 0.3) is 0 Å². The number of aliphatic hydroxyl groups excluding tert-OH is 1. The molecule has 1 heterocycles. The Morgan fingerprint density at radius 2 is 2.57 bits per heavy atom. The molecule has 0 spiro atoms. The van der Waals surface area contributed by atoms with E-state index in [9.17, 15) is 0 Å². The first-order chi connectivity index (χ1) is 3.43. The third-order valence-electron chi connectivity index (χ3n) is 0.698. The van der Waals surface area contributed by atoms with Gasteiger partial charge in [-0.3, -0.25) is 0 Å². The lowest BCUT2D eigenvalue weighted by Gasteiger charge is -1.92. The fourth-order valence-electron chi connectivity index (χ4n) is 0.320. The number of aliphatic hydroxyl groups is 1. The van der Waals surface area contributed by atoms with Crippen molar-refractivity contribution in [1.82, 2.24) is 0 Å². The molecule has 0 aromatic carbocycles. The van der Waals surface area contributed by atoms with Crippen molar-refractivity contribution in [2.24, 2.45) is 0 Å². The van der Waals surface area contributed by atoms with Gasteiger partial charge in [0.15, 0.2) is 0 Å². The second-order valence-corrected chi connectivity index (χ2v) is 2.55. The molecule has 1 rings (SSSR count). The molecule has 42 valence electrons. The van der Waals surface area contributed by atoms with Crippen molar-refractivity contribution < 1.29 is 9.84 Å². The van der Waals surface area contributed by atoms with Crippen molar-refractivity contribution in [3.05, 3.63) is 0 Å². The van der Waals surface area contributed by atoms with Gasteiger partial charge >= 0.3 is 0 Å². The van der Waals surface area contributed by atoms with Crippen LogP contribution < -0.4 is 0 Å². The third-order valence-corrected chi connectivity index (χ3v) is 1.44. The summed E-state index contributed by atoms with van der Waals surface area (Å²) in [7, 11) is 0. The van der Waals surface area contributed by atoms with Gasteiger partial charge in [0.1, 0.15) is 5.44 Å². The minimum Gasteiger partial charge on any atom is -0.394 e. The molecule has 1 N–H and O–H groups in total. The Balaban J connectivity index is 1.80. The zero-order valence-electron chi connectivity index (χ0n) is 3.96. The van der Waals surface area contributed by atoms with E-state index in [1.54, 1.807) is 11.8 Å². The molecule has 1 fully saturated rings. The van der Waals surface area contributed by atoms with Crippen molar-refractivity contribution in [2.75, 3.05) is 19.0 Å². The van der Waals surface area contributed by atoms with Gasteiger partial charge < -0.3 is 9.84 Å². The van der Waals surface area contributed by atoms with Crippen LogP contribution in [0, 0.1) is 0 Å². The molecule has 7 heavy (non-hydrogen) atoms. The molecule has 1 aliphatic rings. The first-order valence-electron chi connectivity index (χ1n) is 2.27. The molecule has 1 unspecified atom stereocenters. The summed E-state index contributed by atoms with van der Waals surface area (Å²) in [6.45, 7) is 0.648. The van der Waals surface area contributed by atoms with Gasteiger partial charge in [-0.15, -0.1) is 11.8 Å². The predicted molar refractivity (Wildman–Crippen MR) is 29.3 cm³/mol. The summed E-state index contributed by atoms with van der Waals surface area (Å²) in [5, 5.41) is 8.21. The minimum atomic E-state index is 0.150. The summed E-state index contributed by atoms with van der Waals surface area (Å²) >= 11 is 1.77. The van der Waals surface area contributed by atoms with Crippen LogP contribution >= 0.6 is 11.8 Å². The highest BCUT2D eigenvalue weighted by Crippen LogP contribution is 2.30. The second kappa shape index (κ2) is 2.55. The van der Waals surface area contributed by atoms with Gasteiger partial charge in [-0.25, -0.2) is 0 Å². The van der Waals surface area contributed by atoms with Crippen LogP contribution in [-0.4, -0.2) is 29.5 Å². The molecule has 1 saturated heterocycles. The van der Waals surface area contributed by atoms with Gasteiger partial charge in [0.25, 0.3) is 0 Å². The smallest absolute Gasteiger partial charge is 0.112 e. The van der Waals surface area contributed by atoms with Gasteiger partial charge in [-0.05, 0) is 0 Å². The molecule has 0 radical (unpaired) electrons. The summed E-state index contributed by atoms with van der Waals surface area (Å²) < 4.78 is 5.02. The van der Waals surface area contributed by atoms with Crippen LogP contribution in [-0.2, 0) is 4.74 Å². The second-order valence-electron chi connectivity index (χ2n) is 1.36. The van der Waals surface area contributed by atoms with E-state index in [1.807, 2.05) is 0 Å². The lowest BCUT2D eigenvalue weighted by atomic mass is 10.8. The van der Waals surface area contributed by atoms with E-state index in [0.29, 0.717) is 12.0 Å². The molecule has 0 aliphatic carbocycles. The van der Waals surface area contributed by atoms with Crippen LogP contribution in [0.3, 0.4) is 0 Å². The summed E-state index contributed by atoms with van der Waals surface area (Å²) in [5.41, 5.74) is 0.409. The Morgan fingerprint density at radius 1 is 1.86 bits per heavy atom. The molecular weight excluding hydrogens is 112 g/mol. The third kappa shape index (κ3) is 2.16. The lowest BCUT2D eigenvalue weighted by molar-refractivity contribution is 0.0978. The fraction of sp³-hybridized carbons (Fsp3) is 1.00. The summed E-state index contributed by atoms with van der Waals surface area (Å²) in [5.74, 6) is 1.11. The lowest BCUT2D eigenvalue weighted by Crippen LogP contribution is -1.99. The van der Waals surface area contributed by atoms with Crippen molar-refractivity contribution >= 4 is 11.8 Å². The standard InChI is InChI=1S/C4H8O2S/c5-1-2-6-4-3-7-4/h4-5H,1-3H2. The molecule has 0 amide bonds. The topological polar surface area (TPSA) is 29.5 Å². The summed E-state index contributed by atoms with van der Waals surface area (Å²) in [6, 6.07) is 0. The zero-order valence-corrected chi connectivity index (χ0v) is 4.78. The highest BCUT2D eigenvalue weighted by molar-refractivity contribution is 8.06. The van der Waals surface area contributed by atoms with Gasteiger partial charge in [0.05, 0.1) is 13.2 Å². The van der Waals surface area contributed by atoms with E-state index in [-0.39, 0.29) is 6.61 Å². The average Bonchev–Trinajstić information content (AvgIpc) is 2.42. The zero-order chi connectivity index (χ0) is 5.11. The maximum Gasteiger partial charge on any atom is 0.112 e. The van der Waals surface area contributed by atoms with Gasteiger partial charge in [0.2, 0.25) is 0 Å². The van der Waals surface area contributed by atoms with Crippen molar-refractivity contribution in [2.45, 2.75) is 5.44 Å². The molecule has 0 saturated carbocycles. The van der Waals surface area contributed by atoms with E-state index in [4.69, 9.17) is 9.84 Å². The average molecular weight is 120 g/mol. The van der Waals surface area contributed by atoms with Gasteiger partial charge in [0, 0.05) is 5.75 Å². The SMILES string of the molecule is OCCOC1CS1. The van der Waals surface area contributed by atoms with Crippen LogP contribution in [0.1, 0.15) is 0 Å². The van der Waals surface area contributed by atoms with Crippen LogP contribution in [0.4, 0.5) is 0 Å². The first kappa shape index (κ1) is 5.41. The summed E-state index contributed by atoms with van der Waals surface area (Å²) in [6.07, 6.45) is 0. The normalized spacial score (nSPS) is 27.9.